The lowest BCUT2D eigenvalue weighted by Gasteiger charge is -2.30. The summed E-state index contributed by atoms with van der Waals surface area (Å²) in [6.07, 6.45) is 0. The Morgan fingerprint density at radius 2 is 1.22 bits per heavy atom. The second-order valence-corrected chi connectivity index (χ2v) is 4.58. The van der Waals surface area contributed by atoms with E-state index < -0.39 is 55.1 Å². The molecule has 0 saturated heterocycles. The van der Waals surface area contributed by atoms with Gasteiger partial charge in [0.2, 0.25) is 0 Å². The first-order valence-electron chi connectivity index (χ1n) is 5.04. The van der Waals surface area contributed by atoms with E-state index in [4.69, 9.17) is 29.5 Å². The SMILES string of the molecule is COS(=O)(=O)C(OCCO)(OCCO)OCCO. The molecule has 0 bridgehead atoms. The molecule has 0 saturated carbocycles. The van der Waals surface area contributed by atoms with Gasteiger partial charge in [0, 0.05) is 0 Å². The van der Waals surface area contributed by atoms with Crippen molar-refractivity contribution in [3.05, 3.63) is 0 Å². The topological polar surface area (TPSA) is 132 Å². The predicted molar refractivity (Wildman–Crippen MR) is 57.8 cm³/mol. The van der Waals surface area contributed by atoms with E-state index in [-0.39, 0.29) is 0 Å². The number of rotatable bonds is 11. The first-order chi connectivity index (χ1) is 8.49. The molecule has 0 radical (unpaired) electrons. The maximum Gasteiger partial charge on any atom is 0.419 e. The van der Waals surface area contributed by atoms with Gasteiger partial charge in [-0.1, -0.05) is 0 Å². The highest BCUT2D eigenvalue weighted by Crippen LogP contribution is 2.24. The molecular weight excluding hydrogens is 272 g/mol. The van der Waals surface area contributed by atoms with Gasteiger partial charge in [-0.05, 0) is 0 Å². The van der Waals surface area contributed by atoms with Crippen LogP contribution in [-0.4, -0.2) is 75.8 Å². The fourth-order valence-electron chi connectivity index (χ4n) is 0.955. The van der Waals surface area contributed by atoms with Crippen molar-refractivity contribution in [2.24, 2.45) is 0 Å². The van der Waals surface area contributed by atoms with E-state index in [9.17, 15) is 8.42 Å². The van der Waals surface area contributed by atoms with E-state index in [1.54, 1.807) is 0 Å². The maximum absolute atomic E-state index is 11.7. The summed E-state index contributed by atoms with van der Waals surface area (Å²) in [6.45, 7) is -2.65. The minimum atomic E-state index is -4.44. The quantitative estimate of drug-likeness (QED) is 0.281. The molecule has 0 aromatic rings. The van der Waals surface area contributed by atoms with Gasteiger partial charge >= 0.3 is 15.4 Å². The highest BCUT2D eigenvalue weighted by molar-refractivity contribution is 7.87. The van der Waals surface area contributed by atoms with E-state index in [0.29, 0.717) is 0 Å². The largest absolute Gasteiger partial charge is 0.419 e. The van der Waals surface area contributed by atoms with Crippen molar-refractivity contribution < 1.29 is 42.1 Å². The highest BCUT2D eigenvalue weighted by Gasteiger charge is 2.49. The van der Waals surface area contributed by atoms with Crippen LogP contribution in [0.1, 0.15) is 0 Å². The van der Waals surface area contributed by atoms with Crippen molar-refractivity contribution in [2.75, 3.05) is 46.8 Å². The third kappa shape index (κ3) is 4.74. The summed E-state index contributed by atoms with van der Waals surface area (Å²) in [5.41, 5.74) is 0. The minimum Gasteiger partial charge on any atom is -0.394 e. The summed E-state index contributed by atoms with van der Waals surface area (Å²) in [6, 6.07) is 0. The molecule has 18 heavy (non-hydrogen) atoms. The van der Waals surface area contributed by atoms with Gasteiger partial charge in [-0.25, -0.2) is 0 Å². The summed E-state index contributed by atoms with van der Waals surface area (Å²) < 4.78 is 42.1. The predicted octanol–water partition coefficient (Wildman–Crippen LogP) is -2.40. The first-order valence-corrected chi connectivity index (χ1v) is 6.45. The zero-order valence-corrected chi connectivity index (χ0v) is 10.8. The van der Waals surface area contributed by atoms with Crippen LogP contribution in [0.5, 0.6) is 0 Å². The average Bonchev–Trinajstić information content (AvgIpc) is 2.38. The van der Waals surface area contributed by atoms with Crippen LogP contribution in [0, 0.1) is 0 Å². The Morgan fingerprint density at radius 3 is 1.44 bits per heavy atom. The molecule has 0 aliphatic rings. The summed E-state index contributed by atoms with van der Waals surface area (Å²) in [4.78, 5) is 0. The highest BCUT2D eigenvalue weighted by atomic mass is 32.2. The fourth-order valence-corrected chi connectivity index (χ4v) is 1.84. The van der Waals surface area contributed by atoms with Crippen LogP contribution in [0.4, 0.5) is 0 Å². The lowest BCUT2D eigenvalue weighted by atomic mass is 10.7. The Labute approximate surface area is 105 Å². The second kappa shape index (κ2) is 8.72. The molecule has 0 aliphatic heterocycles. The number of aliphatic hydroxyl groups is 3. The Bertz CT molecular complexity index is 280. The standard InChI is InChI=1S/C8H18O9S/c1-14-18(12,13)8(15-5-2-9,16-6-3-10)17-7-4-11/h9-11H,2-7H2,1H3. The second-order valence-electron chi connectivity index (χ2n) is 2.84. The van der Waals surface area contributed by atoms with Gasteiger partial charge in [-0.15, -0.1) is 0 Å². The molecule has 0 spiro atoms. The van der Waals surface area contributed by atoms with Crippen LogP contribution in [0.15, 0.2) is 0 Å². The number of hydrogen-bond acceptors (Lipinski definition) is 9. The van der Waals surface area contributed by atoms with Gasteiger partial charge in [0.1, 0.15) is 0 Å². The zero-order chi connectivity index (χ0) is 14.1. The smallest absolute Gasteiger partial charge is 0.394 e. The normalized spacial score (nSPS) is 12.9. The van der Waals surface area contributed by atoms with Crippen LogP contribution in [0.3, 0.4) is 0 Å². The van der Waals surface area contributed by atoms with Crippen molar-refractivity contribution in [1.29, 1.82) is 0 Å². The molecule has 0 rings (SSSR count). The Hall–Kier alpha value is -0.330. The lowest BCUT2D eigenvalue weighted by Crippen LogP contribution is -2.49. The van der Waals surface area contributed by atoms with Crippen molar-refractivity contribution in [1.82, 2.24) is 0 Å². The number of aliphatic hydroxyl groups excluding tert-OH is 3. The molecule has 0 aliphatic carbocycles. The molecule has 3 N–H and O–H groups in total. The summed E-state index contributed by atoms with van der Waals surface area (Å²) in [7, 11) is -3.57. The van der Waals surface area contributed by atoms with Gasteiger partial charge in [-0.3, -0.25) is 4.18 Å². The molecule has 0 atom stereocenters. The molecule has 9 nitrogen and oxygen atoms in total. The van der Waals surface area contributed by atoms with Crippen molar-refractivity contribution in [3.8, 4) is 0 Å². The lowest BCUT2D eigenvalue weighted by molar-refractivity contribution is -0.331. The van der Waals surface area contributed by atoms with Gasteiger partial charge in [0.25, 0.3) is 0 Å². The molecule has 0 heterocycles. The Kier molecular flexibility index (Phi) is 8.56. The number of ether oxygens (including phenoxy) is 3. The van der Waals surface area contributed by atoms with Crippen molar-refractivity contribution >= 4 is 10.1 Å². The van der Waals surface area contributed by atoms with E-state index in [1.807, 2.05) is 0 Å². The molecule has 0 aromatic carbocycles. The van der Waals surface area contributed by atoms with E-state index >= 15 is 0 Å². The van der Waals surface area contributed by atoms with Gasteiger partial charge in [-0.2, -0.15) is 8.42 Å². The third-order valence-electron chi connectivity index (χ3n) is 1.64. The average molecular weight is 290 g/mol. The Morgan fingerprint density at radius 1 is 0.889 bits per heavy atom. The van der Waals surface area contributed by atoms with Crippen LogP contribution in [0.2, 0.25) is 0 Å². The van der Waals surface area contributed by atoms with Crippen molar-refractivity contribution in [2.45, 2.75) is 5.31 Å². The van der Waals surface area contributed by atoms with E-state index in [1.165, 1.54) is 0 Å². The molecule has 0 amide bonds. The van der Waals surface area contributed by atoms with E-state index in [0.717, 1.165) is 7.11 Å². The molecule has 0 unspecified atom stereocenters. The summed E-state index contributed by atoms with van der Waals surface area (Å²) in [5, 5.41) is 23.3. The van der Waals surface area contributed by atoms with E-state index in [2.05, 4.69) is 4.18 Å². The zero-order valence-electron chi connectivity index (χ0n) is 9.94. The molecule has 10 heteroatoms. The first kappa shape index (κ1) is 17.7. The fraction of sp³-hybridized carbons (Fsp3) is 1.00. The van der Waals surface area contributed by atoms with Crippen molar-refractivity contribution in [3.63, 3.8) is 0 Å². The van der Waals surface area contributed by atoms with Crippen LogP contribution in [0.25, 0.3) is 0 Å². The number of hydrogen-bond donors (Lipinski definition) is 3. The van der Waals surface area contributed by atoms with Crippen LogP contribution < -0.4 is 0 Å². The Balaban J connectivity index is 5.10. The summed E-state index contributed by atoms with van der Waals surface area (Å²) in [5.74, 6) is 0. The molecular formula is C8H18O9S. The monoisotopic (exact) mass is 290 g/mol. The van der Waals surface area contributed by atoms with Gasteiger partial charge < -0.3 is 29.5 Å². The van der Waals surface area contributed by atoms with Gasteiger partial charge in [0.05, 0.1) is 46.8 Å². The van der Waals surface area contributed by atoms with Crippen LogP contribution >= 0.6 is 0 Å². The molecule has 110 valence electrons. The molecule has 0 aromatic heterocycles. The minimum absolute atomic E-state index is 0.403. The van der Waals surface area contributed by atoms with Gasteiger partial charge in [0.15, 0.2) is 0 Å². The maximum atomic E-state index is 11.7. The third-order valence-corrected chi connectivity index (χ3v) is 3.04. The van der Waals surface area contributed by atoms with Crippen LogP contribution in [-0.2, 0) is 28.5 Å². The summed E-state index contributed by atoms with van der Waals surface area (Å²) >= 11 is 0. The molecule has 0 fully saturated rings.